The van der Waals surface area contributed by atoms with Crippen LogP contribution in [0.5, 0.6) is 0 Å². The molecule has 1 aliphatic carbocycles. The van der Waals surface area contributed by atoms with Gasteiger partial charge in [-0.1, -0.05) is 111 Å². The minimum Gasteiger partial charge on any atom is -0.301 e. The summed E-state index contributed by atoms with van der Waals surface area (Å²) in [5.41, 5.74) is 12.5. The molecular formula is C41H29N3S. The monoisotopic (exact) mass is 595 g/mol. The standard InChI is InChI=1S/C41H29N3S/c1-41(2)34-23-28(39-42-36(26-11-5-3-6-12-26)25-37(43-39)27-13-7-4-8-14-27)17-19-30(34)31-20-18-29(24-35(31)41)44-38-16-10-9-15-32(38)33-21-22-45-40(33)44/h3-25H,1-2H3. The van der Waals surface area contributed by atoms with Gasteiger partial charge in [-0.25, -0.2) is 9.97 Å². The summed E-state index contributed by atoms with van der Waals surface area (Å²) in [5.74, 6) is 0.740. The molecule has 214 valence electrons. The highest BCUT2D eigenvalue weighted by Gasteiger charge is 2.36. The van der Waals surface area contributed by atoms with Crippen LogP contribution in [0.25, 0.3) is 71.8 Å². The Hall–Kier alpha value is -5.32. The van der Waals surface area contributed by atoms with Gasteiger partial charge in [-0.3, -0.25) is 0 Å². The van der Waals surface area contributed by atoms with E-state index in [-0.39, 0.29) is 5.41 Å². The minimum atomic E-state index is -0.187. The van der Waals surface area contributed by atoms with Crippen molar-refractivity contribution in [3.05, 3.63) is 150 Å². The molecule has 0 spiro atoms. The average molecular weight is 596 g/mol. The third kappa shape index (κ3) is 4.03. The number of para-hydroxylation sites is 1. The molecule has 0 saturated heterocycles. The lowest BCUT2D eigenvalue weighted by Gasteiger charge is -2.23. The lowest BCUT2D eigenvalue weighted by molar-refractivity contribution is 0.660. The second-order valence-electron chi connectivity index (χ2n) is 12.3. The first-order valence-corrected chi connectivity index (χ1v) is 16.2. The van der Waals surface area contributed by atoms with Crippen molar-refractivity contribution in [1.29, 1.82) is 0 Å². The Labute approximate surface area is 266 Å². The number of hydrogen-bond donors (Lipinski definition) is 0. The molecule has 3 nitrogen and oxygen atoms in total. The molecule has 3 aromatic heterocycles. The van der Waals surface area contributed by atoms with Crippen molar-refractivity contribution in [3.8, 4) is 50.7 Å². The van der Waals surface area contributed by atoms with Crippen LogP contribution < -0.4 is 0 Å². The molecule has 0 radical (unpaired) electrons. The van der Waals surface area contributed by atoms with Gasteiger partial charge in [0.15, 0.2) is 5.82 Å². The molecule has 1 aliphatic rings. The summed E-state index contributed by atoms with van der Waals surface area (Å²) in [7, 11) is 0. The Kier molecular flexibility index (Phi) is 5.71. The Bertz CT molecular complexity index is 2340. The van der Waals surface area contributed by atoms with Crippen LogP contribution in [0.2, 0.25) is 0 Å². The van der Waals surface area contributed by atoms with Gasteiger partial charge in [0.2, 0.25) is 0 Å². The highest BCUT2D eigenvalue weighted by molar-refractivity contribution is 7.17. The van der Waals surface area contributed by atoms with E-state index in [0.717, 1.165) is 33.9 Å². The summed E-state index contributed by atoms with van der Waals surface area (Å²) in [6.45, 7) is 4.69. The van der Waals surface area contributed by atoms with Gasteiger partial charge in [-0.2, -0.15) is 0 Å². The Balaban J connectivity index is 1.18. The first kappa shape index (κ1) is 26.1. The van der Waals surface area contributed by atoms with Crippen LogP contribution in [0.3, 0.4) is 0 Å². The van der Waals surface area contributed by atoms with Crippen molar-refractivity contribution in [2.45, 2.75) is 19.3 Å². The molecule has 5 aromatic carbocycles. The third-order valence-electron chi connectivity index (χ3n) is 9.32. The molecule has 4 heteroatoms. The summed E-state index contributed by atoms with van der Waals surface area (Å²) in [6.07, 6.45) is 0. The summed E-state index contributed by atoms with van der Waals surface area (Å²) in [5, 5.41) is 4.81. The number of nitrogens with zero attached hydrogens (tertiary/aromatic N) is 3. The van der Waals surface area contributed by atoms with E-state index in [1.165, 1.54) is 49.1 Å². The summed E-state index contributed by atoms with van der Waals surface area (Å²) < 4.78 is 2.42. The van der Waals surface area contributed by atoms with Crippen LogP contribution in [0.1, 0.15) is 25.0 Å². The molecule has 8 aromatic rings. The largest absolute Gasteiger partial charge is 0.301 e. The first-order chi connectivity index (χ1) is 22.1. The Morgan fingerprint density at radius 2 is 1.18 bits per heavy atom. The predicted octanol–water partition coefficient (Wildman–Crippen LogP) is 10.9. The normalized spacial score (nSPS) is 13.3. The second-order valence-corrected chi connectivity index (χ2v) is 13.2. The zero-order valence-electron chi connectivity index (χ0n) is 25.0. The molecule has 0 atom stereocenters. The molecule has 0 N–H and O–H groups in total. The molecule has 0 bridgehead atoms. The van der Waals surface area contributed by atoms with Gasteiger partial charge in [-0.05, 0) is 64.0 Å². The van der Waals surface area contributed by atoms with Gasteiger partial charge >= 0.3 is 0 Å². The van der Waals surface area contributed by atoms with Crippen molar-refractivity contribution in [2.24, 2.45) is 0 Å². The maximum atomic E-state index is 5.11. The summed E-state index contributed by atoms with van der Waals surface area (Å²) >= 11 is 1.80. The number of rotatable bonds is 4. The third-order valence-corrected chi connectivity index (χ3v) is 10.2. The van der Waals surface area contributed by atoms with Crippen molar-refractivity contribution in [3.63, 3.8) is 0 Å². The number of aromatic nitrogens is 3. The summed E-state index contributed by atoms with van der Waals surface area (Å²) in [6, 6.07) is 47.6. The van der Waals surface area contributed by atoms with E-state index in [0.29, 0.717) is 0 Å². The summed E-state index contributed by atoms with van der Waals surface area (Å²) in [4.78, 5) is 11.5. The van der Waals surface area contributed by atoms with E-state index in [1.807, 2.05) is 12.1 Å². The Morgan fingerprint density at radius 3 is 1.89 bits per heavy atom. The van der Waals surface area contributed by atoms with Crippen molar-refractivity contribution in [1.82, 2.24) is 14.5 Å². The number of thiophene rings is 1. The van der Waals surface area contributed by atoms with Crippen LogP contribution >= 0.6 is 11.3 Å². The van der Waals surface area contributed by atoms with Gasteiger partial charge in [0.25, 0.3) is 0 Å². The maximum absolute atomic E-state index is 5.11. The van der Waals surface area contributed by atoms with Crippen LogP contribution in [-0.4, -0.2) is 14.5 Å². The fourth-order valence-corrected chi connectivity index (χ4v) is 7.98. The smallest absolute Gasteiger partial charge is 0.160 e. The molecule has 0 aliphatic heterocycles. The minimum absolute atomic E-state index is 0.187. The predicted molar refractivity (Wildman–Crippen MR) is 188 cm³/mol. The van der Waals surface area contributed by atoms with Crippen molar-refractivity contribution >= 4 is 32.5 Å². The van der Waals surface area contributed by atoms with Gasteiger partial charge in [0.05, 0.1) is 16.9 Å². The molecule has 9 rings (SSSR count). The molecule has 0 fully saturated rings. The SMILES string of the molecule is CC1(C)c2cc(-c3nc(-c4ccccc4)cc(-c4ccccc4)n3)ccc2-c2ccc(-n3c4ccccc4c4ccsc43)cc21. The molecule has 45 heavy (non-hydrogen) atoms. The fourth-order valence-electron chi connectivity index (χ4n) is 7.04. The number of benzene rings is 5. The van der Waals surface area contributed by atoms with Crippen LogP contribution in [-0.2, 0) is 5.41 Å². The zero-order chi connectivity index (χ0) is 30.1. The topological polar surface area (TPSA) is 30.7 Å². The van der Waals surface area contributed by atoms with Crippen LogP contribution in [0, 0.1) is 0 Å². The highest BCUT2D eigenvalue weighted by atomic mass is 32.1. The van der Waals surface area contributed by atoms with Gasteiger partial charge < -0.3 is 4.57 Å². The average Bonchev–Trinajstić information content (AvgIpc) is 3.75. The van der Waals surface area contributed by atoms with Gasteiger partial charge in [0, 0.05) is 38.6 Å². The van der Waals surface area contributed by atoms with E-state index in [4.69, 9.17) is 9.97 Å². The molecule has 0 unspecified atom stereocenters. The van der Waals surface area contributed by atoms with Crippen molar-refractivity contribution < 1.29 is 0 Å². The zero-order valence-corrected chi connectivity index (χ0v) is 25.8. The van der Waals surface area contributed by atoms with E-state index in [9.17, 15) is 0 Å². The molecular weight excluding hydrogens is 567 g/mol. The quantitative estimate of drug-likeness (QED) is 0.203. The van der Waals surface area contributed by atoms with E-state index in [2.05, 4.69) is 145 Å². The van der Waals surface area contributed by atoms with E-state index in [1.54, 1.807) is 11.3 Å². The highest BCUT2D eigenvalue weighted by Crippen LogP contribution is 2.50. The Morgan fingerprint density at radius 1 is 0.556 bits per heavy atom. The van der Waals surface area contributed by atoms with E-state index < -0.39 is 0 Å². The first-order valence-electron chi connectivity index (χ1n) is 15.3. The fraction of sp³-hybridized carbons (Fsp3) is 0.0732. The number of hydrogen-bond acceptors (Lipinski definition) is 3. The maximum Gasteiger partial charge on any atom is 0.160 e. The molecule has 0 amide bonds. The van der Waals surface area contributed by atoms with Crippen LogP contribution in [0.4, 0.5) is 0 Å². The lowest BCUT2D eigenvalue weighted by Crippen LogP contribution is -2.15. The molecule has 0 saturated carbocycles. The van der Waals surface area contributed by atoms with Gasteiger partial charge in [-0.15, -0.1) is 11.3 Å². The number of fused-ring (bicyclic) bond motifs is 6. The van der Waals surface area contributed by atoms with Crippen LogP contribution in [0.15, 0.2) is 139 Å². The van der Waals surface area contributed by atoms with Crippen molar-refractivity contribution in [2.75, 3.05) is 0 Å². The van der Waals surface area contributed by atoms with E-state index >= 15 is 0 Å². The second kappa shape index (κ2) is 9.85. The van der Waals surface area contributed by atoms with Gasteiger partial charge in [0.1, 0.15) is 4.83 Å². The molecule has 3 heterocycles. The lowest BCUT2D eigenvalue weighted by atomic mass is 9.81.